The van der Waals surface area contributed by atoms with Crippen molar-refractivity contribution in [3.63, 3.8) is 0 Å². The molecule has 0 amide bonds. The Hall–Kier alpha value is 0.196. The molecule has 0 spiro atoms. The van der Waals surface area contributed by atoms with Gasteiger partial charge >= 0.3 is 23.1 Å². The summed E-state index contributed by atoms with van der Waals surface area (Å²) >= 11 is 0. The minimum atomic E-state index is -1.08. The molecule has 0 heterocycles. The molecule has 0 aromatic carbocycles. The molecule has 3 nitrogen and oxygen atoms in total. The van der Waals surface area contributed by atoms with E-state index in [-0.39, 0.29) is 29.7 Å². The van der Waals surface area contributed by atoms with Crippen LogP contribution in [0.1, 0.15) is 13.8 Å². The smallest absolute Gasteiger partial charge is 0.855 e. The van der Waals surface area contributed by atoms with Crippen LogP contribution in [0.25, 0.3) is 0 Å². The quantitative estimate of drug-likeness (QED) is 0.346. The Morgan fingerprint density at radius 3 is 1.62 bits per heavy atom. The van der Waals surface area contributed by atoms with Crippen LogP contribution in [0.15, 0.2) is 0 Å². The van der Waals surface area contributed by atoms with E-state index >= 15 is 0 Å². The first kappa shape index (κ1) is 15.7. The van der Waals surface area contributed by atoms with Crippen molar-refractivity contribution in [1.29, 1.82) is 0 Å². The Labute approximate surface area is 64.9 Å². The SMILES string of the molecule is CC(=O)[O-].CC[O-].[Mg+2]. The maximum Gasteiger partial charge on any atom is 2.00 e. The fraction of sp³-hybridized carbons (Fsp3) is 0.750. The Kier molecular flexibility index (Phi) is 30.8. The second kappa shape index (κ2) is 15.7. The standard InChI is InChI=1S/C2H4O2.C2H5O.Mg/c1-2(3)4;1-2-3;/h1H3,(H,3,4);2H2,1H3;/q;-1;+2/p-1. The first-order valence-electron chi connectivity index (χ1n) is 1.90. The Balaban J connectivity index is -0.0000000575. The van der Waals surface area contributed by atoms with Crippen LogP contribution >= 0.6 is 0 Å². The van der Waals surface area contributed by atoms with Crippen LogP contribution in [0.4, 0.5) is 0 Å². The van der Waals surface area contributed by atoms with Gasteiger partial charge in [-0.25, -0.2) is 0 Å². The molecule has 0 atom stereocenters. The van der Waals surface area contributed by atoms with Crippen LogP contribution in [0.2, 0.25) is 0 Å². The second-order valence-electron chi connectivity index (χ2n) is 0.780. The Bertz CT molecular complexity index is 42.5. The molecular weight excluding hydrogens is 120 g/mol. The predicted octanol–water partition coefficient (Wildman–Crippen LogP) is -2.26. The summed E-state index contributed by atoms with van der Waals surface area (Å²) in [5.41, 5.74) is 0. The number of carbonyl (C=O) groups excluding carboxylic acids is 1. The van der Waals surface area contributed by atoms with Crippen molar-refractivity contribution in [3.8, 4) is 0 Å². The van der Waals surface area contributed by atoms with E-state index in [1.165, 1.54) is 0 Å². The first-order chi connectivity index (χ1) is 3.15. The fourth-order valence-corrected chi connectivity index (χ4v) is 0. The molecule has 0 aliphatic carbocycles. The molecule has 0 N–H and O–H groups in total. The predicted molar refractivity (Wildman–Crippen MR) is 27.0 cm³/mol. The molecule has 0 bridgehead atoms. The van der Waals surface area contributed by atoms with E-state index in [4.69, 9.17) is 15.0 Å². The number of carboxylic acids is 1. The van der Waals surface area contributed by atoms with Crippen molar-refractivity contribution in [2.45, 2.75) is 13.8 Å². The number of hydrogen-bond acceptors (Lipinski definition) is 3. The normalized spacial score (nSPS) is 5.38. The summed E-state index contributed by atoms with van der Waals surface area (Å²) in [5.74, 6) is -1.08. The van der Waals surface area contributed by atoms with E-state index in [0.717, 1.165) is 6.92 Å². The van der Waals surface area contributed by atoms with Crippen molar-refractivity contribution in [3.05, 3.63) is 0 Å². The summed E-state index contributed by atoms with van der Waals surface area (Å²) in [6, 6.07) is 0. The van der Waals surface area contributed by atoms with Gasteiger partial charge in [-0.2, -0.15) is 0 Å². The van der Waals surface area contributed by atoms with Gasteiger partial charge in [0.1, 0.15) is 0 Å². The molecule has 4 heteroatoms. The van der Waals surface area contributed by atoms with E-state index in [9.17, 15) is 0 Å². The third kappa shape index (κ3) is 4340. The molecule has 44 valence electrons. The maximum absolute atomic E-state index is 8.93. The molecule has 0 aromatic heterocycles. The van der Waals surface area contributed by atoms with Crippen LogP contribution in [0.5, 0.6) is 0 Å². The zero-order valence-electron chi connectivity index (χ0n) is 5.14. The maximum atomic E-state index is 8.93. The van der Waals surface area contributed by atoms with Crippen molar-refractivity contribution in [2.75, 3.05) is 6.61 Å². The van der Waals surface area contributed by atoms with Crippen LogP contribution in [0, 0.1) is 0 Å². The van der Waals surface area contributed by atoms with E-state index in [2.05, 4.69) is 0 Å². The van der Waals surface area contributed by atoms with E-state index < -0.39 is 5.97 Å². The molecule has 0 fully saturated rings. The van der Waals surface area contributed by atoms with Gasteiger partial charge in [-0.1, -0.05) is 6.92 Å². The zero-order valence-corrected chi connectivity index (χ0v) is 6.55. The number of carbonyl (C=O) groups is 1. The minimum absolute atomic E-state index is 0. The zero-order chi connectivity index (χ0) is 6.28. The largest absolute Gasteiger partial charge is 2.00 e. The summed E-state index contributed by atoms with van der Waals surface area (Å²) in [6.45, 7) is 2.54. The fourth-order valence-electron chi connectivity index (χ4n) is 0. The summed E-state index contributed by atoms with van der Waals surface area (Å²) in [7, 11) is 0. The van der Waals surface area contributed by atoms with Gasteiger partial charge < -0.3 is 15.0 Å². The van der Waals surface area contributed by atoms with Gasteiger partial charge in [0.15, 0.2) is 0 Å². The molecule has 0 saturated carbocycles. The molecule has 0 aromatic rings. The van der Waals surface area contributed by atoms with Crippen LogP contribution in [-0.4, -0.2) is 35.6 Å². The molecule has 0 radical (unpaired) electrons. The molecular formula is C4H8MgO3. The number of aliphatic carboxylic acids is 1. The van der Waals surface area contributed by atoms with Crippen LogP contribution in [-0.2, 0) is 4.79 Å². The Morgan fingerprint density at radius 1 is 1.62 bits per heavy atom. The van der Waals surface area contributed by atoms with Gasteiger partial charge in [-0.3, -0.25) is 0 Å². The van der Waals surface area contributed by atoms with Gasteiger partial charge in [0.2, 0.25) is 0 Å². The number of carboxylic acid groups (broad SMARTS) is 1. The summed E-state index contributed by atoms with van der Waals surface area (Å²) < 4.78 is 0. The summed E-state index contributed by atoms with van der Waals surface area (Å²) in [6.07, 6.45) is 0. The molecule has 0 rings (SSSR count). The number of rotatable bonds is 0. The van der Waals surface area contributed by atoms with Crippen molar-refractivity contribution >= 4 is 29.0 Å². The van der Waals surface area contributed by atoms with Gasteiger partial charge in [0.05, 0.1) is 0 Å². The van der Waals surface area contributed by atoms with Gasteiger partial charge in [0, 0.05) is 5.97 Å². The first-order valence-corrected chi connectivity index (χ1v) is 1.90. The van der Waals surface area contributed by atoms with Crippen molar-refractivity contribution in [1.82, 2.24) is 0 Å². The third-order valence-corrected chi connectivity index (χ3v) is 0. The third-order valence-electron chi connectivity index (χ3n) is 0. The molecule has 8 heavy (non-hydrogen) atoms. The molecule has 0 unspecified atom stereocenters. The van der Waals surface area contributed by atoms with Crippen molar-refractivity contribution < 1.29 is 15.0 Å². The Morgan fingerprint density at radius 2 is 1.62 bits per heavy atom. The topological polar surface area (TPSA) is 63.2 Å². The molecule has 0 saturated heterocycles. The van der Waals surface area contributed by atoms with E-state index in [1.807, 2.05) is 0 Å². The molecule has 0 aliphatic heterocycles. The van der Waals surface area contributed by atoms with Crippen molar-refractivity contribution in [2.24, 2.45) is 0 Å². The minimum Gasteiger partial charge on any atom is -0.855 e. The van der Waals surface area contributed by atoms with E-state index in [0.29, 0.717) is 0 Å². The molecule has 0 aliphatic rings. The van der Waals surface area contributed by atoms with Gasteiger partial charge in [-0.15, -0.1) is 6.61 Å². The average molecular weight is 128 g/mol. The summed E-state index contributed by atoms with van der Waals surface area (Å²) in [5, 5.41) is 17.8. The van der Waals surface area contributed by atoms with Gasteiger partial charge in [-0.05, 0) is 6.92 Å². The van der Waals surface area contributed by atoms with E-state index in [1.54, 1.807) is 6.92 Å². The van der Waals surface area contributed by atoms with Crippen LogP contribution in [0.3, 0.4) is 0 Å². The van der Waals surface area contributed by atoms with Crippen LogP contribution < -0.4 is 10.2 Å². The monoisotopic (exact) mass is 128 g/mol. The average Bonchev–Trinajstić information content (AvgIpc) is 1.33. The van der Waals surface area contributed by atoms with Gasteiger partial charge in [0.25, 0.3) is 0 Å². The number of hydrogen-bond donors (Lipinski definition) is 0. The summed E-state index contributed by atoms with van der Waals surface area (Å²) in [4.78, 5) is 8.89. The second-order valence-corrected chi connectivity index (χ2v) is 0.780.